The quantitative estimate of drug-likeness (QED) is 0.632. The lowest BCUT2D eigenvalue weighted by atomic mass is 10.4. The van der Waals surface area contributed by atoms with E-state index in [1.807, 2.05) is 24.6 Å². The van der Waals surface area contributed by atoms with E-state index in [-0.39, 0.29) is 0 Å². The third-order valence-corrected chi connectivity index (χ3v) is 3.09. The summed E-state index contributed by atoms with van der Waals surface area (Å²) in [5.41, 5.74) is 1.42. The number of rotatable bonds is 2. The predicted octanol–water partition coefficient (Wildman–Crippen LogP) is 1.70. The summed E-state index contributed by atoms with van der Waals surface area (Å²) in [6, 6.07) is 1.88. The van der Waals surface area contributed by atoms with Crippen LogP contribution in [-0.4, -0.2) is 25.5 Å². The zero-order valence-corrected chi connectivity index (χ0v) is 9.31. The maximum atomic E-state index is 11.1. The molecule has 0 saturated heterocycles. The Morgan fingerprint density at radius 1 is 1.44 bits per heavy atom. The van der Waals surface area contributed by atoms with Crippen molar-refractivity contribution in [2.24, 2.45) is 0 Å². The van der Waals surface area contributed by atoms with E-state index in [9.17, 15) is 4.79 Å². The smallest absolute Gasteiger partial charge is 0.196 e. The molecule has 0 fully saturated rings. The lowest BCUT2D eigenvalue weighted by molar-refractivity contribution is 0.111. The zero-order chi connectivity index (χ0) is 11.1. The van der Waals surface area contributed by atoms with E-state index in [1.165, 1.54) is 11.3 Å². The Bertz CT molecular complexity index is 663. The number of imidazole rings is 1. The molecule has 0 aliphatic carbocycles. The molecule has 3 aromatic heterocycles. The van der Waals surface area contributed by atoms with Crippen LogP contribution in [0.4, 0.5) is 0 Å². The third kappa shape index (κ3) is 1.20. The van der Waals surface area contributed by atoms with Gasteiger partial charge < -0.3 is 0 Å². The first-order chi connectivity index (χ1) is 7.79. The van der Waals surface area contributed by atoms with E-state index in [0.29, 0.717) is 11.5 Å². The van der Waals surface area contributed by atoms with Crippen LogP contribution in [0.2, 0.25) is 0 Å². The van der Waals surface area contributed by atoms with Gasteiger partial charge in [-0.15, -0.1) is 11.3 Å². The average molecular weight is 232 g/mol. The highest BCUT2D eigenvalue weighted by Gasteiger charge is 2.14. The van der Waals surface area contributed by atoms with Crippen LogP contribution in [0.25, 0.3) is 10.8 Å². The first-order valence-electron chi connectivity index (χ1n) is 4.73. The Labute approximate surface area is 95.0 Å². The summed E-state index contributed by atoms with van der Waals surface area (Å²) in [4.78, 5) is 16.3. The van der Waals surface area contributed by atoms with Crippen molar-refractivity contribution in [3.63, 3.8) is 0 Å². The van der Waals surface area contributed by atoms with Gasteiger partial charge in [-0.3, -0.25) is 9.20 Å². The second kappa shape index (κ2) is 3.28. The highest BCUT2D eigenvalue weighted by atomic mass is 32.1. The summed E-state index contributed by atoms with van der Waals surface area (Å²) in [5, 5.41) is 6.15. The molecule has 16 heavy (non-hydrogen) atoms. The molecule has 0 amide bonds. The van der Waals surface area contributed by atoms with Crippen LogP contribution in [0, 0.1) is 6.92 Å². The molecule has 5 nitrogen and oxygen atoms in total. The number of thiazole rings is 1. The monoisotopic (exact) mass is 232 g/mol. The molecule has 0 radical (unpaired) electrons. The molecule has 0 aromatic carbocycles. The van der Waals surface area contributed by atoms with E-state index < -0.39 is 0 Å². The van der Waals surface area contributed by atoms with Gasteiger partial charge in [0.1, 0.15) is 5.69 Å². The average Bonchev–Trinajstić information content (AvgIpc) is 2.90. The molecular weight excluding hydrogens is 224 g/mol. The topological polar surface area (TPSA) is 52.2 Å². The highest BCUT2D eigenvalue weighted by molar-refractivity contribution is 7.15. The van der Waals surface area contributed by atoms with Crippen LogP contribution in [-0.2, 0) is 0 Å². The van der Waals surface area contributed by atoms with Crippen LogP contribution < -0.4 is 0 Å². The fraction of sp³-hybridized carbons (Fsp3) is 0.100. The number of carbonyl (C=O) groups excluding carboxylic acids is 1. The number of hydrogen-bond donors (Lipinski definition) is 0. The number of aromatic nitrogens is 4. The Balaban J connectivity index is 2.30. The van der Waals surface area contributed by atoms with Crippen molar-refractivity contribution >= 4 is 22.6 Å². The van der Waals surface area contributed by atoms with Gasteiger partial charge in [0.2, 0.25) is 0 Å². The molecular formula is C10H8N4OS. The molecule has 0 atom stereocenters. The minimum Gasteiger partial charge on any atom is -0.296 e. The molecule has 0 unspecified atom stereocenters. The molecule has 0 aliphatic heterocycles. The summed E-state index contributed by atoms with van der Waals surface area (Å²) in [6.45, 7) is 1.90. The van der Waals surface area contributed by atoms with Gasteiger partial charge in [-0.05, 0) is 13.0 Å². The van der Waals surface area contributed by atoms with Gasteiger partial charge in [-0.2, -0.15) is 10.1 Å². The number of nitrogens with zero attached hydrogens (tertiary/aromatic N) is 4. The normalized spacial score (nSPS) is 11.1. The second-order valence-corrected chi connectivity index (χ2v) is 4.27. The molecule has 0 bridgehead atoms. The SMILES string of the molecule is Cc1ccn(-c2nc3sccn3c2C=O)n1. The van der Waals surface area contributed by atoms with Crippen molar-refractivity contribution in [1.82, 2.24) is 19.2 Å². The van der Waals surface area contributed by atoms with Crippen molar-refractivity contribution in [2.75, 3.05) is 0 Å². The maximum absolute atomic E-state index is 11.1. The van der Waals surface area contributed by atoms with Gasteiger partial charge in [-0.1, -0.05) is 0 Å². The lowest BCUT2D eigenvalue weighted by Gasteiger charge is -1.96. The van der Waals surface area contributed by atoms with E-state index in [2.05, 4.69) is 10.1 Å². The Hall–Kier alpha value is -1.95. The van der Waals surface area contributed by atoms with E-state index in [1.54, 1.807) is 15.3 Å². The fourth-order valence-corrected chi connectivity index (χ4v) is 2.32. The number of aryl methyl sites for hydroxylation is 1. The standard InChI is InChI=1S/C10H8N4OS/c1-7-2-3-14(12-7)9-8(6-15)13-4-5-16-10(13)11-9/h2-6H,1H3. The van der Waals surface area contributed by atoms with Gasteiger partial charge in [0, 0.05) is 17.8 Å². The van der Waals surface area contributed by atoms with E-state index in [4.69, 9.17) is 0 Å². The van der Waals surface area contributed by atoms with Crippen molar-refractivity contribution in [3.05, 3.63) is 35.2 Å². The first-order valence-corrected chi connectivity index (χ1v) is 5.61. The van der Waals surface area contributed by atoms with Gasteiger partial charge in [-0.25, -0.2) is 4.68 Å². The summed E-state index contributed by atoms with van der Waals surface area (Å²) in [5.74, 6) is 0.579. The molecule has 80 valence electrons. The summed E-state index contributed by atoms with van der Waals surface area (Å²) in [6.07, 6.45) is 4.43. The first kappa shape index (κ1) is 9.29. The van der Waals surface area contributed by atoms with Crippen LogP contribution in [0.1, 0.15) is 16.2 Å². The van der Waals surface area contributed by atoms with Gasteiger partial charge in [0.15, 0.2) is 17.1 Å². The van der Waals surface area contributed by atoms with E-state index >= 15 is 0 Å². The van der Waals surface area contributed by atoms with Crippen LogP contribution >= 0.6 is 11.3 Å². The Morgan fingerprint density at radius 2 is 2.31 bits per heavy atom. The molecule has 0 N–H and O–H groups in total. The van der Waals surface area contributed by atoms with Crippen molar-refractivity contribution in [3.8, 4) is 5.82 Å². The van der Waals surface area contributed by atoms with Crippen molar-refractivity contribution in [2.45, 2.75) is 6.92 Å². The Morgan fingerprint density at radius 3 is 3.00 bits per heavy atom. The number of aldehydes is 1. The van der Waals surface area contributed by atoms with Gasteiger partial charge in [0.25, 0.3) is 0 Å². The van der Waals surface area contributed by atoms with Crippen LogP contribution in [0.3, 0.4) is 0 Å². The molecule has 0 spiro atoms. The largest absolute Gasteiger partial charge is 0.296 e. The molecule has 6 heteroatoms. The number of carbonyl (C=O) groups is 1. The summed E-state index contributed by atoms with van der Waals surface area (Å²) in [7, 11) is 0. The number of hydrogen-bond acceptors (Lipinski definition) is 4. The minimum atomic E-state index is 0.527. The van der Waals surface area contributed by atoms with E-state index in [0.717, 1.165) is 16.9 Å². The molecule has 3 rings (SSSR count). The van der Waals surface area contributed by atoms with Crippen molar-refractivity contribution in [1.29, 1.82) is 0 Å². The summed E-state index contributed by atoms with van der Waals surface area (Å²) < 4.78 is 3.39. The zero-order valence-electron chi connectivity index (χ0n) is 8.49. The lowest BCUT2D eigenvalue weighted by Crippen LogP contribution is -2.00. The molecule has 3 aromatic rings. The van der Waals surface area contributed by atoms with Crippen molar-refractivity contribution < 1.29 is 4.79 Å². The second-order valence-electron chi connectivity index (χ2n) is 3.40. The molecule has 0 aliphatic rings. The number of fused-ring (bicyclic) bond motifs is 1. The summed E-state index contributed by atoms with van der Waals surface area (Å²) >= 11 is 1.49. The third-order valence-electron chi connectivity index (χ3n) is 2.33. The minimum absolute atomic E-state index is 0.527. The predicted molar refractivity (Wildman–Crippen MR) is 60.3 cm³/mol. The molecule has 0 saturated carbocycles. The maximum Gasteiger partial charge on any atom is 0.196 e. The van der Waals surface area contributed by atoms with Crippen LogP contribution in [0.15, 0.2) is 23.8 Å². The van der Waals surface area contributed by atoms with Gasteiger partial charge >= 0.3 is 0 Å². The highest BCUT2D eigenvalue weighted by Crippen LogP contribution is 2.18. The Kier molecular flexibility index (Phi) is 1.90. The fourth-order valence-electron chi connectivity index (χ4n) is 1.60. The van der Waals surface area contributed by atoms with Gasteiger partial charge in [0.05, 0.1) is 5.69 Å². The van der Waals surface area contributed by atoms with Crippen LogP contribution in [0.5, 0.6) is 0 Å². The molecule has 3 heterocycles.